The van der Waals surface area contributed by atoms with Gasteiger partial charge in [0.2, 0.25) is 5.91 Å². The van der Waals surface area contributed by atoms with Crippen molar-refractivity contribution in [3.63, 3.8) is 0 Å². The summed E-state index contributed by atoms with van der Waals surface area (Å²) in [6.07, 6.45) is -2.42. The number of furan rings is 1. The predicted octanol–water partition coefficient (Wildman–Crippen LogP) is 4.28. The molecule has 0 saturated carbocycles. The smallest absolute Gasteiger partial charge is 0.416 e. The number of alkyl halides is 3. The van der Waals surface area contributed by atoms with Crippen LogP contribution in [0, 0.1) is 6.92 Å². The molecular weight excluding hydrogens is 371 g/mol. The van der Waals surface area contributed by atoms with Crippen molar-refractivity contribution < 1.29 is 22.4 Å². The van der Waals surface area contributed by atoms with E-state index < -0.39 is 11.7 Å². The number of nitrogens with zero attached hydrogens (tertiary/aromatic N) is 2. The molecule has 0 atom stereocenters. The van der Waals surface area contributed by atoms with Crippen LogP contribution in [0.1, 0.15) is 29.9 Å². The van der Waals surface area contributed by atoms with E-state index in [4.69, 9.17) is 4.42 Å². The van der Waals surface area contributed by atoms with Crippen LogP contribution in [0.15, 0.2) is 34.7 Å². The Morgan fingerprint density at radius 2 is 1.93 bits per heavy atom. The molecule has 8 heteroatoms. The fourth-order valence-corrected chi connectivity index (χ4v) is 3.29. The van der Waals surface area contributed by atoms with Crippen LogP contribution in [0.4, 0.5) is 24.5 Å². The minimum absolute atomic E-state index is 0.0989. The van der Waals surface area contributed by atoms with E-state index in [1.807, 2.05) is 17.9 Å². The molecule has 3 rings (SSSR count). The molecule has 0 unspecified atom stereocenters. The molecule has 0 radical (unpaired) electrons. The number of aryl methyl sites for hydroxylation is 1. The van der Waals surface area contributed by atoms with Crippen molar-refractivity contribution in [2.75, 3.05) is 36.9 Å². The molecular formula is C20H24F3N3O2. The van der Waals surface area contributed by atoms with Crippen molar-refractivity contribution in [3.05, 3.63) is 47.4 Å². The first-order chi connectivity index (χ1) is 13.2. The van der Waals surface area contributed by atoms with Gasteiger partial charge in [-0.3, -0.25) is 4.79 Å². The molecule has 2 heterocycles. The Kier molecular flexibility index (Phi) is 5.86. The third kappa shape index (κ3) is 4.79. The summed E-state index contributed by atoms with van der Waals surface area (Å²) in [4.78, 5) is 16.0. The molecule has 2 aromatic rings. The summed E-state index contributed by atoms with van der Waals surface area (Å²) < 4.78 is 44.8. The summed E-state index contributed by atoms with van der Waals surface area (Å²) in [6.45, 7) is 3.62. The maximum atomic E-state index is 13.1. The van der Waals surface area contributed by atoms with Crippen LogP contribution in [0.3, 0.4) is 0 Å². The minimum Gasteiger partial charge on any atom is -0.464 e. The second kappa shape index (κ2) is 8.16. The fraction of sp³-hybridized carbons (Fsp3) is 0.450. The van der Waals surface area contributed by atoms with Gasteiger partial charge in [-0.1, -0.05) is 0 Å². The van der Waals surface area contributed by atoms with Gasteiger partial charge in [0.1, 0.15) is 11.5 Å². The molecule has 1 aromatic carbocycles. The summed E-state index contributed by atoms with van der Waals surface area (Å²) >= 11 is 0. The Morgan fingerprint density at radius 3 is 2.54 bits per heavy atom. The average molecular weight is 395 g/mol. The van der Waals surface area contributed by atoms with Gasteiger partial charge in [-0.05, 0) is 50.1 Å². The number of rotatable bonds is 6. The topological polar surface area (TPSA) is 48.7 Å². The number of carbonyl (C=O) groups is 1. The average Bonchev–Trinajstić information content (AvgIpc) is 3.30. The van der Waals surface area contributed by atoms with E-state index in [0.717, 1.165) is 43.8 Å². The van der Waals surface area contributed by atoms with Gasteiger partial charge in [-0.2, -0.15) is 13.2 Å². The van der Waals surface area contributed by atoms with Crippen molar-refractivity contribution in [3.8, 4) is 0 Å². The normalized spacial score (nSPS) is 14.4. The van der Waals surface area contributed by atoms with E-state index in [9.17, 15) is 18.0 Å². The number of likely N-dealkylation sites (N-methyl/N-ethyl adjacent to an activating group) is 1. The van der Waals surface area contributed by atoms with Crippen LogP contribution in [0.25, 0.3) is 0 Å². The SMILES string of the molecule is Cc1ccc(CN(C)C(=O)CNc2cc(C(F)(F)F)ccc2N2CCCC2)o1. The molecule has 28 heavy (non-hydrogen) atoms. The lowest BCUT2D eigenvalue weighted by Gasteiger charge is -2.24. The third-order valence-electron chi connectivity index (χ3n) is 4.82. The quantitative estimate of drug-likeness (QED) is 0.793. The number of hydrogen-bond donors (Lipinski definition) is 1. The summed E-state index contributed by atoms with van der Waals surface area (Å²) in [5.74, 6) is 1.18. The molecule has 152 valence electrons. The van der Waals surface area contributed by atoms with Crippen molar-refractivity contribution >= 4 is 17.3 Å². The summed E-state index contributed by atoms with van der Waals surface area (Å²) in [5, 5.41) is 2.91. The molecule has 0 aliphatic carbocycles. The lowest BCUT2D eigenvalue weighted by atomic mass is 10.1. The molecule has 0 spiro atoms. The van der Waals surface area contributed by atoms with Crippen LogP contribution in [0.5, 0.6) is 0 Å². The van der Waals surface area contributed by atoms with Gasteiger partial charge in [0.15, 0.2) is 0 Å². The van der Waals surface area contributed by atoms with E-state index in [1.165, 1.54) is 11.0 Å². The zero-order chi connectivity index (χ0) is 20.3. The molecule has 0 bridgehead atoms. The molecule has 1 aliphatic rings. The van der Waals surface area contributed by atoms with Crippen LogP contribution in [-0.2, 0) is 17.5 Å². The van der Waals surface area contributed by atoms with E-state index in [2.05, 4.69) is 5.32 Å². The maximum absolute atomic E-state index is 13.1. The molecule has 1 aliphatic heterocycles. The molecule has 5 nitrogen and oxygen atoms in total. The van der Waals surface area contributed by atoms with Crippen LogP contribution in [-0.4, -0.2) is 37.5 Å². The van der Waals surface area contributed by atoms with Crippen molar-refractivity contribution in [2.45, 2.75) is 32.5 Å². The Labute approximate surface area is 162 Å². The summed E-state index contributed by atoms with van der Waals surface area (Å²) in [5.41, 5.74) is 0.291. The lowest BCUT2D eigenvalue weighted by Crippen LogP contribution is -2.32. The Balaban J connectivity index is 1.71. The van der Waals surface area contributed by atoms with Gasteiger partial charge in [0.05, 0.1) is 30.0 Å². The Hall–Kier alpha value is -2.64. The highest BCUT2D eigenvalue weighted by Gasteiger charge is 2.31. The summed E-state index contributed by atoms with van der Waals surface area (Å²) in [7, 11) is 1.63. The van der Waals surface area contributed by atoms with E-state index in [0.29, 0.717) is 23.7 Å². The van der Waals surface area contributed by atoms with Crippen molar-refractivity contribution in [2.24, 2.45) is 0 Å². The number of benzene rings is 1. The number of anilines is 2. The Bertz CT molecular complexity index is 826. The molecule has 1 saturated heterocycles. The number of amides is 1. The second-order valence-corrected chi connectivity index (χ2v) is 7.04. The molecule has 1 fully saturated rings. The first-order valence-corrected chi connectivity index (χ1v) is 9.23. The van der Waals surface area contributed by atoms with Crippen molar-refractivity contribution in [1.29, 1.82) is 0 Å². The van der Waals surface area contributed by atoms with Gasteiger partial charge in [0.25, 0.3) is 0 Å². The number of nitrogens with one attached hydrogen (secondary N) is 1. The van der Waals surface area contributed by atoms with Gasteiger partial charge < -0.3 is 19.5 Å². The minimum atomic E-state index is -4.43. The molecule has 1 N–H and O–H groups in total. The highest BCUT2D eigenvalue weighted by atomic mass is 19.4. The monoisotopic (exact) mass is 395 g/mol. The highest BCUT2D eigenvalue weighted by molar-refractivity contribution is 5.83. The molecule has 1 aromatic heterocycles. The maximum Gasteiger partial charge on any atom is 0.416 e. The van der Waals surface area contributed by atoms with Crippen molar-refractivity contribution in [1.82, 2.24) is 4.90 Å². The summed E-state index contributed by atoms with van der Waals surface area (Å²) in [6, 6.07) is 7.26. The Morgan fingerprint density at radius 1 is 1.21 bits per heavy atom. The standard InChI is InChI=1S/C20H24F3N3O2/c1-14-5-7-16(28-14)13-25(2)19(27)12-24-17-11-15(20(21,22)23)6-8-18(17)26-9-3-4-10-26/h5-8,11,24H,3-4,9-10,12-13H2,1-2H3. The fourth-order valence-electron chi connectivity index (χ4n) is 3.29. The largest absolute Gasteiger partial charge is 0.464 e. The number of carbonyl (C=O) groups excluding carboxylic acids is 1. The van der Waals surface area contributed by atoms with Gasteiger partial charge >= 0.3 is 6.18 Å². The second-order valence-electron chi connectivity index (χ2n) is 7.04. The lowest BCUT2D eigenvalue weighted by molar-refractivity contribution is -0.137. The van der Waals surface area contributed by atoms with Gasteiger partial charge in [0, 0.05) is 20.1 Å². The van der Waals surface area contributed by atoms with E-state index >= 15 is 0 Å². The van der Waals surface area contributed by atoms with Gasteiger partial charge in [-0.15, -0.1) is 0 Å². The highest BCUT2D eigenvalue weighted by Crippen LogP contribution is 2.36. The zero-order valence-electron chi connectivity index (χ0n) is 16.0. The van der Waals surface area contributed by atoms with Crippen LogP contribution in [0.2, 0.25) is 0 Å². The van der Waals surface area contributed by atoms with E-state index in [1.54, 1.807) is 13.1 Å². The first-order valence-electron chi connectivity index (χ1n) is 9.23. The van der Waals surface area contributed by atoms with Gasteiger partial charge in [-0.25, -0.2) is 0 Å². The van der Waals surface area contributed by atoms with Crippen LogP contribution >= 0.6 is 0 Å². The third-order valence-corrected chi connectivity index (χ3v) is 4.82. The zero-order valence-corrected chi connectivity index (χ0v) is 16.0. The number of hydrogen-bond acceptors (Lipinski definition) is 4. The number of halogens is 3. The first kappa shape index (κ1) is 20.1. The van der Waals surface area contributed by atoms with Crippen LogP contribution < -0.4 is 10.2 Å². The predicted molar refractivity (Wildman–Crippen MR) is 101 cm³/mol. The molecule has 1 amide bonds. The van der Waals surface area contributed by atoms with E-state index in [-0.39, 0.29) is 12.5 Å².